The first-order valence-electron chi connectivity index (χ1n) is 5.05. The Morgan fingerprint density at radius 2 is 2.00 bits per heavy atom. The summed E-state index contributed by atoms with van der Waals surface area (Å²) in [6.07, 6.45) is -0.975. The van der Waals surface area contributed by atoms with Gasteiger partial charge in [0.1, 0.15) is 0 Å². The molecule has 0 amide bonds. The molecule has 0 aliphatic carbocycles. The number of hydrogen-bond acceptors (Lipinski definition) is 3. The van der Waals surface area contributed by atoms with E-state index in [2.05, 4.69) is 4.99 Å². The van der Waals surface area contributed by atoms with Gasteiger partial charge >= 0.3 is 5.97 Å². The summed E-state index contributed by atoms with van der Waals surface area (Å²) >= 11 is 0. The van der Waals surface area contributed by atoms with E-state index >= 15 is 0 Å². The Labute approximate surface area is 93.6 Å². The zero-order valence-corrected chi connectivity index (χ0v) is 9.18. The van der Waals surface area contributed by atoms with Gasteiger partial charge < -0.3 is 9.84 Å². The van der Waals surface area contributed by atoms with Crippen molar-refractivity contribution in [3.05, 3.63) is 35.9 Å². The summed E-state index contributed by atoms with van der Waals surface area (Å²) in [6.45, 7) is 3.50. The molecular weight excluding hydrogens is 206 g/mol. The number of aliphatic carboxylic acids is 1. The van der Waals surface area contributed by atoms with Crippen molar-refractivity contribution >= 4 is 11.7 Å². The SMILES string of the molecule is CC1(C)N=C(c2ccccc2)C(C(=O)O)O1. The standard InChI is InChI=1S/C12H13NO3/c1-12(2)13-9(10(16-12)11(14)15)8-6-4-3-5-7-8/h3-7,10H,1-2H3,(H,14,15). The number of carboxylic acids is 1. The molecule has 1 aliphatic heterocycles. The highest BCUT2D eigenvalue weighted by Crippen LogP contribution is 2.26. The summed E-state index contributed by atoms with van der Waals surface area (Å²) in [4.78, 5) is 15.4. The molecule has 1 aromatic carbocycles. The molecule has 16 heavy (non-hydrogen) atoms. The molecule has 0 radical (unpaired) electrons. The van der Waals surface area contributed by atoms with Crippen LogP contribution >= 0.6 is 0 Å². The number of nitrogens with zero attached hydrogens (tertiary/aromatic N) is 1. The van der Waals surface area contributed by atoms with Crippen molar-refractivity contribution in [2.24, 2.45) is 4.99 Å². The van der Waals surface area contributed by atoms with Crippen molar-refractivity contribution < 1.29 is 14.6 Å². The quantitative estimate of drug-likeness (QED) is 0.823. The molecule has 0 saturated heterocycles. The molecule has 84 valence electrons. The predicted octanol–water partition coefficient (Wildman–Crippen LogP) is 1.70. The third-order valence-corrected chi connectivity index (χ3v) is 2.34. The molecule has 1 atom stereocenters. The summed E-state index contributed by atoms with van der Waals surface area (Å²) in [7, 11) is 0. The maximum absolute atomic E-state index is 11.1. The van der Waals surface area contributed by atoms with Crippen LogP contribution in [0.5, 0.6) is 0 Å². The van der Waals surface area contributed by atoms with E-state index in [-0.39, 0.29) is 0 Å². The van der Waals surface area contributed by atoms with Gasteiger partial charge in [-0.2, -0.15) is 0 Å². The van der Waals surface area contributed by atoms with Crippen molar-refractivity contribution in [3.63, 3.8) is 0 Å². The van der Waals surface area contributed by atoms with Gasteiger partial charge in [-0.1, -0.05) is 30.3 Å². The van der Waals surface area contributed by atoms with Crippen molar-refractivity contribution in [1.29, 1.82) is 0 Å². The molecule has 0 aromatic heterocycles. The van der Waals surface area contributed by atoms with Crippen molar-refractivity contribution in [3.8, 4) is 0 Å². The molecular formula is C12H13NO3. The van der Waals surface area contributed by atoms with Crippen LogP contribution < -0.4 is 0 Å². The van der Waals surface area contributed by atoms with E-state index in [1.807, 2.05) is 30.3 Å². The Morgan fingerprint density at radius 3 is 2.56 bits per heavy atom. The summed E-state index contributed by atoms with van der Waals surface area (Å²) in [5, 5.41) is 9.07. The second-order valence-electron chi connectivity index (χ2n) is 4.15. The highest BCUT2D eigenvalue weighted by molar-refractivity contribution is 6.14. The Balaban J connectivity index is 2.41. The van der Waals surface area contributed by atoms with Crippen LogP contribution in [-0.2, 0) is 9.53 Å². The lowest BCUT2D eigenvalue weighted by molar-refractivity contribution is -0.150. The van der Waals surface area contributed by atoms with Crippen LogP contribution in [0.25, 0.3) is 0 Å². The van der Waals surface area contributed by atoms with Crippen LogP contribution in [0.3, 0.4) is 0 Å². The smallest absolute Gasteiger partial charge is 0.339 e. The van der Waals surface area contributed by atoms with E-state index in [0.29, 0.717) is 5.71 Å². The molecule has 1 aliphatic rings. The van der Waals surface area contributed by atoms with Gasteiger partial charge in [0.15, 0.2) is 11.8 Å². The molecule has 1 unspecified atom stereocenters. The first kappa shape index (κ1) is 10.8. The molecule has 4 heteroatoms. The zero-order chi connectivity index (χ0) is 11.8. The fraction of sp³-hybridized carbons (Fsp3) is 0.333. The van der Waals surface area contributed by atoms with Crippen LogP contribution in [-0.4, -0.2) is 28.6 Å². The van der Waals surface area contributed by atoms with E-state index < -0.39 is 17.8 Å². The number of rotatable bonds is 2. The first-order valence-corrected chi connectivity index (χ1v) is 5.05. The number of carboxylic acid groups (broad SMARTS) is 1. The average molecular weight is 219 g/mol. The maximum Gasteiger partial charge on any atom is 0.339 e. The normalized spacial score (nSPS) is 22.9. The van der Waals surface area contributed by atoms with Crippen molar-refractivity contribution in [1.82, 2.24) is 0 Å². The molecule has 4 nitrogen and oxygen atoms in total. The Bertz CT molecular complexity index is 437. The predicted molar refractivity (Wildman–Crippen MR) is 59.6 cm³/mol. The minimum Gasteiger partial charge on any atom is -0.479 e. The first-order chi connectivity index (χ1) is 7.49. The fourth-order valence-electron chi connectivity index (χ4n) is 1.71. The summed E-state index contributed by atoms with van der Waals surface area (Å²) in [5.41, 5.74) is 0.507. The third-order valence-electron chi connectivity index (χ3n) is 2.34. The molecule has 1 heterocycles. The number of hydrogen-bond donors (Lipinski definition) is 1. The van der Waals surface area contributed by atoms with E-state index in [9.17, 15) is 4.79 Å². The van der Waals surface area contributed by atoms with Crippen LogP contribution in [0.4, 0.5) is 0 Å². The Morgan fingerprint density at radius 1 is 1.38 bits per heavy atom. The summed E-state index contributed by atoms with van der Waals surface area (Å²) in [6, 6.07) is 9.24. The van der Waals surface area contributed by atoms with E-state index in [1.54, 1.807) is 13.8 Å². The van der Waals surface area contributed by atoms with Crippen molar-refractivity contribution in [2.45, 2.75) is 25.7 Å². The molecule has 0 saturated carbocycles. The van der Waals surface area contributed by atoms with Crippen molar-refractivity contribution in [2.75, 3.05) is 0 Å². The summed E-state index contributed by atoms with van der Waals surface area (Å²) in [5.74, 6) is -1.01. The number of carbonyl (C=O) groups is 1. The van der Waals surface area contributed by atoms with Crippen LogP contribution in [0, 0.1) is 0 Å². The van der Waals surface area contributed by atoms with Gasteiger partial charge in [0.25, 0.3) is 0 Å². The monoisotopic (exact) mass is 219 g/mol. The zero-order valence-electron chi connectivity index (χ0n) is 9.18. The molecule has 2 rings (SSSR count). The van der Waals surface area contributed by atoms with E-state index in [4.69, 9.17) is 9.84 Å². The lowest BCUT2D eigenvalue weighted by Crippen LogP contribution is -2.32. The molecule has 0 bridgehead atoms. The molecule has 0 spiro atoms. The van der Waals surface area contributed by atoms with Gasteiger partial charge in [0.05, 0.1) is 5.71 Å². The Kier molecular flexibility index (Phi) is 2.52. The fourth-order valence-corrected chi connectivity index (χ4v) is 1.71. The van der Waals surface area contributed by atoms with Gasteiger partial charge in [-0.3, -0.25) is 4.99 Å². The Hall–Kier alpha value is -1.68. The van der Waals surface area contributed by atoms with Crippen LogP contribution in [0.2, 0.25) is 0 Å². The minimum absolute atomic E-state index is 0.484. The average Bonchev–Trinajstić information content (AvgIpc) is 2.56. The number of benzene rings is 1. The van der Waals surface area contributed by atoms with Gasteiger partial charge in [-0.25, -0.2) is 4.79 Å². The largest absolute Gasteiger partial charge is 0.479 e. The highest BCUT2D eigenvalue weighted by atomic mass is 16.6. The van der Waals surface area contributed by atoms with Gasteiger partial charge in [-0.05, 0) is 19.4 Å². The second kappa shape index (κ2) is 3.72. The lowest BCUT2D eigenvalue weighted by Gasteiger charge is -2.14. The van der Waals surface area contributed by atoms with E-state index in [0.717, 1.165) is 5.56 Å². The summed E-state index contributed by atoms with van der Waals surface area (Å²) < 4.78 is 5.37. The highest BCUT2D eigenvalue weighted by Gasteiger charge is 2.39. The van der Waals surface area contributed by atoms with Gasteiger partial charge in [0.2, 0.25) is 0 Å². The topological polar surface area (TPSA) is 58.9 Å². The number of aliphatic imine (C=N–C) groups is 1. The third kappa shape index (κ3) is 1.97. The number of ether oxygens (including phenoxy) is 1. The van der Waals surface area contributed by atoms with Gasteiger partial charge in [0, 0.05) is 0 Å². The second-order valence-corrected chi connectivity index (χ2v) is 4.15. The van der Waals surface area contributed by atoms with Crippen LogP contribution in [0.1, 0.15) is 19.4 Å². The van der Waals surface area contributed by atoms with Crippen LogP contribution in [0.15, 0.2) is 35.3 Å². The lowest BCUT2D eigenvalue weighted by atomic mass is 10.1. The minimum atomic E-state index is -1.01. The molecule has 1 N–H and O–H groups in total. The maximum atomic E-state index is 11.1. The molecule has 0 fully saturated rings. The van der Waals surface area contributed by atoms with Gasteiger partial charge in [-0.15, -0.1) is 0 Å². The molecule has 1 aromatic rings. The van der Waals surface area contributed by atoms with E-state index in [1.165, 1.54) is 0 Å².